The summed E-state index contributed by atoms with van der Waals surface area (Å²) in [7, 11) is 0. The van der Waals surface area contributed by atoms with Crippen LogP contribution in [-0.2, 0) is 6.61 Å². The Morgan fingerprint density at radius 3 is 2.73 bits per heavy atom. The van der Waals surface area contributed by atoms with Gasteiger partial charge in [-0.3, -0.25) is 9.78 Å². The summed E-state index contributed by atoms with van der Waals surface area (Å²) in [6.45, 7) is 2.36. The number of pyridine rings is 1. The molecule has 1 heterocycles. The second-order valence-electron chi connectivity index (χ2n) is 5.89. The van der Waals surface area contributed by atoms with Crippen LogP contribution < -0.4 is 10.1 Å². The standard InChI is InChI=1S/C21H19BrN2O2/c1-15(24-21(25)17-7-4-8-18(22)12-17)16-6-5-10-20(13-16)26-14-19-9-2-3-11-23-19/h2-13,15H,14H2,1H3,(H,24,25). The maximum atomic E-state index is 12.4. The Bertz CT molecular complexity index is 884. The minimum Gasteiger partial charge on any atom is -0.487 e. The van der Waals surface area contributed by atoms with Crippen molar-refractivity contribution < 1.29 is 9.53 Å². The summed E-state index contributed by atoms with van der Waals surface area (Å²) in [5, 5.41) is 3.01. The van der Waals surface area contributed by atoms with Crippen molar-refractivity contribution in [2.24, 2.45) is 0 Å². The van der Waals surface area contributed by atoms with Crippen LogP contribution in [0.25, 0.3) is 0 Å². The van der Waals surface area contributed by atoms with Crippen molar-refractivity contribution in [2.75, 3.05) is 0 Å². The predicted molar refractivity (Wildman–Crippen MR) is 105 cm³/mol. The van der Waals surface area contributed by atoms with Crippen molar-refractivity contribution in [2.45, 2.75) is 19.6 Å². The van der Waals surface area contributed by atoms with Gasteiger partial charge in [-0.1, -0.05) is 40.2 Å². The minimum atomic E-state index is -0.139. The van der Waals surface area contributed by atoms with Crippen LogP contribution in [0.5, 0.6) is 5.75 Å². The second kappa shape index (κ2) is 8.63. The number of carbonyl (C=O) groups is 1. The van der Waals surface area contributed by atoms with E-state index in [4.69, 9.17) is 4.74 Å². The van der Waals surface area contributed by atoms with Gasteiger partial charge in [0.15, 0.2) is 0 Å². The van der Waals surface area contributed by atoms with E-state index in [0.717, 1.165) is 21.5 Å². The van der Waals surface area contributed by atoms with E-state index in [9.17, 15) is 4.79 Å². The summed E-state index contributed by atoms with van der Waals surface area (Å²) in [6.07, 6.45) is 1.74. The van der Waals surface area contributed by atoms with Gasteiger partial charge in [-0.05, 0) is 55.0 Å². The van der Waals surface area contributed by atoms with E-state index in [0.29, 0.717) is 12.2 Å². The summed E-state index contributed by atoms with van der Waals surface area (Å²) in [5.41, 5.74) is 2.47. The Morgan fingerprint density at radius 2 is 1.96 bits per heavy atom. The van der Waals surface area contributed by atoms with Crippen LogP contribution in [-0.4, -0.2) is 10.9 Å². The zero-order valence-electron chi connectivity index (χ0n) is 14.4. The molecule has 0 fully saturated rings. The lowest BCUT2D eigenvalue weighted by molar-refractivity contribution is 0.0939. The molecule has 1 amide bonds. The van der Waals surface area contributed by atoms with Crippen molar-refractivity contribution in [3.05, 3.63) is 94.2 Å². The fraction of sp³-hybridized carbons (Fsp3) is 0.143. The van der Waals surface area contributed by atoms with Crippen molar-refractivity contribution in [3.63, 3.8) is 0 Å². The van der Waals surface area contributed by atoms with Gasteiger partial charge in [0.2, 0.25) is 0 Å². The quantitative estimate of drug-likeness (QED) is 0.627. The minimum absolute atomic E-state index is 0.112. The van der Waals surface area contributed by atoms with Crippen molar-refractivity contribution in [1.82, 2.24) is 10.3 Å². The summed E-state index contributed by atoms with van der Waals surface area (Å²) >= 11 is 3.39. The molecule has 1 aromatic heterocycles. The normalized spacial score (nSPS) is 11.6. The van der Waals surface area contributed by atoms with Crippen LogP contribution in [0.2, 0.25) is 0 Å². The number of benzene rings is 2. The number of nitrogens with one attached hydrogen (secondary N) is 1. The molecule has 0 saturated heterocycles. The monoisotopic (exact) mass is 410 g/mol. The molecule has 26 heavy (non-hydrogen) atoms. The second-order valence-corrected chi connectivity index (χ2v) is 6.80. The van der Waals surface area contributed by atoms with Crippen LogP contribution in [0.1, 0.15) is 34.6 Å². The first-order chi connectivity index (χ1) is 12.6. The van der Waals surface area contributed by atoms with Gasteiger partial charge in [-0.15, -0.1) is 0 Å². The van der Waals surface area contributed by atoms with E-state index in [1.165, 1.54) is 0 Å². The van der Waals surface area contributed by atoms with E-state index < -0.39 is 0 Å². The topological polar surface area (TPSA) is 51.2 Å². The van der Waals surface area contributed by atoms with E-state index >= 15 is 0 Å². The average Bonchev–Trinajstić information content (AvgIpc) is 2.67. The molecule has 0 bridgehead atoms. The number of ether oxygens (including phenoxy) is 1. The molecule has 0 saturated carbocycles. The third-order valence-corrected chi connectivity index (χ3v) is 4.40. The number of nitrogens with zero attached hydrogens (tertiary/aromatic N) is 1. The molecule has 1 atom stereocenters. The van der Waals surface area contributed by atoms with Crippen molar-refractivity contribution >= 4 is 21.8 Å². The molecule has 2 aromatic carbocycles. The van der Waals surface area contributed by atoms with Gasteiger partial charge < -0.3 is 10.1 Å². The lowest BCUT2D eigenvalue weighted by Crippen LogP contribution is -2.26. The molecule has 4 nitrogen and oxygen atoms in total. The Labute approximate surface area is 161 Å². The lowest BCUT2D eigenvalue weighted by Gasteiger charge is -2.16. The maximum Gasteiger partial charge on any atom is 0.251 e. The van der Waals surface area contributed by atoms with Crippen molar-refractivity contribution in [3.8, 4) is 5.75 Å². The Balaban J connectivity index is 1.64. The van der Waals surface area contributed by atoms with Gasteiger partial charge in [0.25, 0.3) is 5.91 Å². The number of rotatable bonds is 6. The number of hydrogen-bond donors (Lipinski definition) is 1. The van der Waals surface area contributed by atoms with Gasteiger partial charge in [-0.2, -0.15) is 0 Å². The molecule has 0 aliphatic rings. The first kappa shape index (κ1) is 18.1. The lowest BCUT2D eigenvalue weighted by atomic mass is 10.1. The number of amides is 1. The molecule has 0 aliphatic heterocycles. The molecule has 1 N–H and O–H groups in total. The van der Waals surface area contributed by atoms with Crippen LogP contribution >= 0.6 is 15.9 Å². The molecule has 3 rings (SSSR count). The highest BCUT2D eigenvalue weighted by Crippen LogP contribution is 2.21. The molecule has 1 unspecified atom stereocenters. The number of carbonyl (C=O) groups excluding carboxylic acids is 1. The first-order valence-electron chi connectivity index (χ1n) is 8.31. The summed E-state index contributed by atoms with van der Waals surface area (Å²) in [6, 6.07) is 20.6. The molecule has 132 valence electrons. The zero-order valence-corrected chi connectivity index (χ0v) is 15.9. The summed E-state index contributed by atoms with van der Waals surface area (Å²) < 4.78 is 6.68. The Kier molecular flexibility index (Phi) is 6.02. The number of halogens is 1. The molecular weight excluding hydrogens is 392 g/mol. The van der Waals surface area contributed by atoms with Crippen LogP contribution in [0.3, 0.4) is 0 Å². The largest absolute Gasteiger partial charge is 0.487 e. The number of hydrogen-bond acceptors (Lipinski definition) is 3. The SMILES string of the molecule is CC(NC(=O)c1cccc(Br)c1)c1cccc(OCc2ccccn2)c1. The van der Waals surface area contributed by atoms with E-state index in [1.54, 1.807) is 18.3 Å². The van der Waals surface area contributed by atoms with Gasteiger partial charge in [0, 0.05) is 16.2 Å². The highest BCUT2D eigenvalue weighted by Gasteiger charge is 2.12. The first-order valence-corrected chi connectivity index (χ1v) is 9.10. The highest BCUT2D eigenvalue weighted by atomic mass is 79.9. The molecule has 3 aromatic rings. The smallest absolute Gasteiger partial charge is 0.251 e. The maximum absolute atomic E-state index is 12.4. The van der Waals surface area contributed by atoms with Crippen molar-refractivity contribution in [1.29, 1.82) is 0 Å². The fourth-order valence-electron chi connectivity index (χ4n) is 2.51. The Hall–Kier alpha value is -2.66. The number of aromatic nitrogens is 1. The fourth-order valence-corrected chi connectivity index (χ4v) is 2.91. The third-order valence-electron chi connectivity index (χ3n) is 3.91. The third kappa shape index (κ3) is 4.92. The summed E-state index contributed by atoms with van der Waals surface area (Å²) in [5.74, 6) is 0.635. The van der Waals surface area contributed by atoms with Crippen LogP contribution in [0.15, 0.2) is 77.4 Å². The van der Waals surface area contributed by atoms with E-state index in [2.05, 4.69) is 26.2 Å². The molecule has 0 aliphatic carbocycles. The predicted octanol–water partition coefficient (Wildman–Crippen LogP) is 4.91. The zero-order chi connectivity index (χ0) is 18.4. The summed E-state index contributed by atoms with van der Waals surface area (Å²) in [4.78, 5) is 16.7. The van der Waals surface area contributed by atoms with Crippen LogP contribution in [0, 0.1) is 0 Å². The van der Waals surface area contributed by atoms with E-state index in [-0.39, 0.29) is 11.9 Å². The van der Waals surface area contributed by atoms with Gasteiger partial charge in [-0.25, -0.2) is 0 Å². The molecule has 5 heteroatoms. The molecule has 0 radical (unpaired) electrons. The highest BCUT2D eigenvalue weighted by molar-refractivity contribution is 9.10. The Morgan fingerprint density at radius 1 is 1.12 bits per heavy atom. The van der Waals surface area contributed by atoms with E-state index in [1.807, 2.05) is 61.5 Å². The van der Waals surface area contributed by atoms with Gasteiger partial charge >= 0.3 is 0 Å². The van der Waals surface area contributed by atoms with Crippen LogP contribution in [0.4, 0.5) is 0 Å². The van der Waals surface area contributed by atoms with Gasteiger partial charge in [0.1, 0.15) is 12.4 Å². The average molecular weight is 411 g/mol. The molecule has 0 spiro atoms. The van der Waals surface area contributed by atoms with Gasteiger partial charge in [0.05, 0.1) is 11.7 Å². The molecular formula is C21H19BrN2O2.